The van der Waals surface area contributed by atoms with E-state index in [2.05, 4.69) is 4.98 Å². The predicted molar refractivity (Wildman–Crippen MR) is 78.5 cm³/mol. The number of ether oxygens (including phenoxy) is 1. The minimum absolute atomic E-state index is 0.142. The molecule has 3 N–H and O–H groups in total. The molecule has 2 aromatic rings. The largest absolute Gasteiger partial charge is 0.484 e. The molecule has 2 atom stereocenters. The van der Waals surface area contributed by atoms with Crippen molar-refractivity contribution in [3.8, 4) is 5.75 Å². The average molecular weight is 272 g/mol. The third kappa shape index (κ3) is 3.79. The Morgan fingerprint density at radius 3 is 2.55 bits per heavy atom. The Labute approximate surface area is 119 Å². The number of rotatable bonds is 6. The number of aliphatic hydroxyl groups excluding tert-OH is 1. The standard InChI is InChI=1S/C16H20N2O2/c1-12(17)16(14-3-2-9-18-11-14)20-15-6-4-13(5-7-15)8-10-19/h2-7,9,11-12,16,19H,8,10,17H2,1H3. The van der Waals surface area contributed by atoms with Crippen LogP contribution in [0.25, 0.3) is 0 Å². The van der Waals surface area contributed by atoms with Gasteiger partial charge in [0.1, 0.15) is 11.9 Å². The van der Waals surface area contributed by atoms with Crippen molar-refractivity contribution in [3.05, 3.63) is 59.9 Å². The maximum absolute atomic E-state index is 8.90. The van der Waals surface area contributed by atoms with Crippen LogP contribution in [-0.2, 0) is 6.42 Å². The molecule has 0 aliphatic heterocycles. The molecule has 0 saturated heterocycles. The molecular weight excluding hydrogens is 252 g/mol. The number of hydrogen-bond acceptors (Lipinski definition) is 4. The van der Waals surface area contributed by atoms with Crippen molar-refractivity contribution in [1.29, 1.82) is 0 Å². The van der Waals surface area contributed by atoms with Crippen molar-refractivity contribution < 1.29 is 9.84 Å². The lowest BCUT2D eigenvalue weighted by atomic mass is 10.1. The molecule has 0 bridgehead atoms. The monoisotopic (exact) mass is 272 g/mol. The topological polar surface area (TPSA) is 68.4 Å². The molecule has 0 amide bonds. The van der Waals surface area contributed by atoms with Gasteiger partial charge in [-0.3, -0.25) is 4.98 Å². The number of nitrogens with zero attached hydrogens (tertiary/aromatic N) is 1. The number of pyridine rings is 1. The Morgan fingerprint density at radius 1 is 1.25 bits per heavy atom. The summed E-state index contributed by atoms with van der Waals surface area (Å²) in [6.07, 6.45) is 3.92. The molecule has 1 aromatic heterocycles. The lowest BCUT2D eigenvalue weighted by Crippen LogP contribution is -2.29. The molecule has 2 unspecified atom stereocenters. The number of aromatic nitrogens is 1. The second-order valence-electron chi connectivity index (χ2n) is 4.80. The van der Waals surface area contributed by atoms with E-state index in [1.165, 1.54) is 0 Å². The molecule has 0 fully saturated rings. The summed E-state index contributed by atoms with van der Waals surface area (Å²) in [5, 5.41) is 8.90. The van der Waals surface area contributed by atoms with E-state index in [1.54, 1.807) is 12.4 Å². The predicted octanol–water partition coefficient (Wildman–Crippen LogP) is 2.08. The minimum atomic E-state index is -0.229. The van der Waals surface area contributed by atoms with E-state index in [0.717, 1.165) is 16.9 Å². The van der Waals surface area contributed by atoms with Crippen LogP contribution in [0, 0.1) is 0 Å². The molecule has 0 aliphatic carbocycles. The molecule has 4 nitrogen and oxygen atoms in total. The van der Waals surface area contributed by atoms with Gasteiger partial charge in [0.05, 0.1) is 0 Å². The quantitative estimate of drug-likeness (QED) is 0.845. The van der Waals surface area contributed by atoms with Crippen molar-refractivity contribution in [3.63, 3.8) is 0 Å². The lowest BCUT2D eigenvalue weighted by Gasteiger charge is -2.22. The summed E-state index contributed by atoms with van der Waals surface area (Å²) in [5.41, 5.74) is 8.05. The highest BCUT2D eigenvalue weighted by Gasteiger charge is 2.18. The Bertz CT molecular complexity index is 512. The average Bonchev–Trinajstić information content (AvgIpc) is 2.47. The van der Waals surface area contributed by atoms with Crippen molar-refractivity contribution >= 4 is 0 Å². The van der Waals surface area contributed by atoms with Crippen LogP contribution in [-0.4, -0.2) is 22.7 Å². The summed E-state index contributed by atoms with van der Waals surface area (Å²) in [7, 11) is 0. The van der Waals surface area contributed by atoms with Gasteiger partial charge in [-0.05, 0) is 37.1 Å². The van der Waals surface area contributed by atoms with Crippen LogP contribution in [0.5, 0.6) is 5.75 Å². The zero-order valence-corrected chi connectivity index (χ0v) is 11.6. The summed E-state index contributed by atoms with van der Waals surface area (Å²) in [6, 6.07) is 11.4. The summed E-state index contributed by atoms with van der Waals surface area (Å²) < 4.78 is 5.97. The van der Waals surface area contributed by atoms with E-state index in [-0.39, 0.29) is 18.8 Å². The van der Waals surface area contributed by atoms with Gasteiger partial charge >= 0.3 is 0 Å². The number of benzene rings is 1. The van der Waals surface area contributed by atoms with Gasteiger partial charge in [0.25, 0.3) is 0 Å². The lowest BCUT2D eigenvalue weighted by molar-refractivity contribution is 0.180. The highest BCUT2D eigenvalue weighted by atomic mass is 16.5. The van der Waals surface area contributed by atoms with Gasteiger partial charge in [0.2, 0.25) is 0 Å². The van der Waals surface area contributed by atoms with E-state index in [0.29, 0.717) is 6.42 Å². The Balaban J connectivity index is 2.12. The molecular formula is C16H20N2O2. The summed E-state index contributed by atoms with van der Waals surface area (Å²) in [5.74, 6) is 0.762. The van der Waals surface area contributed by atoms with E-state index in [4.69, 9.17) is 15.6 Å². The molecule has 20 heavy (non-hydrogen) atoms. The number of hydrogen-bond donors (Lipinski definition) is 2. The molecule has 0 radical (unpaired) electrons. The Morgan fingerprint density at radius 2 is 2.00 bits per heavy atom. The van der Waals surface area contributed by atoms with Gasteiger partial charge < -0.3 is 15.6 Å². The molecule has 1 aromatic carbocycles. The molecule has 0 aliphatic rings. The third-order valence-corrected chi connectivity index (χ3v) is 3.08. The van der Waals surface area contributed by atoms with E-state index in [1.807, 2.05) is 43.3 Å². The maximum atomic E-state index is 8.90. The summed E-state index contributed by atoms with van der Waals surface area (Å²) in [4.78, 5) is 4.10. The van der Waals surface area contributed by atoms with E-state index >= 15 is 0 Å². The fourth-order valence-electron chi connectivity index (χ4n) is 2.03. The van der Waals surface area contributed by atoms with Crippen LogP contribution >= 0.6 is 0 Å². The molecule has 4 heteroatoms. The van der Waals surface area contributed by atoms with E-state index in [9.17, 15) is 0 Å². The minimum Gasteiger partial charge on any atom is -0.484 e. The Kier molecular flexibility index (Phi) is 5.09. The highest BCUT2D eigenvalue weighted by Crippen LogP contribution is 2.24. The van der Waals surface area contributed by atoms with Gasteiger partial charge in [-0.25, -0.2) is 0 Å². The van der Waals surface area contributed by atoms with Crippen LogP contribution in [0.1, 0.15) is 24.2 Å². The zero-order chi connectivity index (χ0) is 14.4. The van der Waals surface area contributed by atoms with Crippen LogP contribution in [0.3, 0.4) is 0 Å². The number of aliphatic hydroxyl groups is 1. The van der Waals surface area contributed by atoms with Gasteiger partial charge in [0, 0.05) is 30.6 Å². The van der Waals surface area contributed by atoms with Gasteiger partial charge in [-0.15, -0.1) is 0 Å². The van der Waals surface area contributed by atoms with Crippen LogP contribution in [0.4, 0.5) is 0 Å². The normalized spacial score (nSPS) is 13.8. The first kappa shape index (κ1) is 14.5. The van der Waals surface area contributed by atoms with Gasteiger partial charge in [-0.2, -0.15) is 0 Å². The fourth-order valence-corrected chi connectivity index (χ4v) is 2.03. The molecule has 1 heterocycles. The van der Waals surface area contributed by atoms with Crippen molar-refractivity contribution in [1.82, 2.24) is 4.98 Å². The first-order valence-corrected chi connectivity index (χ1v) is 6.72. The van der Waals surface area contributed by atoms with Crippen molar-refractivity contribution in [2.24, 2.45) is 5.73 Å². The van der Waals surface area contributed by atoms with Crippen LogP contribution in [0.2, 0.25) is 0 Å². The highest BCUT2D eigenvalue weighted by molar-refractivity contribution is 5.28. The maximum Gasteiger partial charge on any atom is 0.140 e. The third-order valence-electron chi connectivity index (χ3n) is 3.08. The molecule has 0 spiro atoms. The first-order chi connectivity index (χ1) is 9.70. The molecule has 2 rings (SSSR count). The number of nitrogens with two attached hydrogens (primary N) is 1. The molecule has 106 valence electrons. The Hall–Kier alpha value is -1.91. The van der Waals surface area contributed by atoms with E-state index < -0.39 is 0 Å². The van der Waals surface area contributed by atoms with Gasteiger partial charge in [0.15, 0.2) is 0 Å². The van der Waals surface area contributed by atoms with Crippen molar-refractivity contribution in [2.75, 3.05) is 6.61 Å². The van der Waals surface area contributed by atoms with Gasteiger partial charge in [-0.1, -0.05) is 18.2 Å². The SMILES string of the molecule is CC(N)C(Oc1ccc(CCO)cc1)c1cccnc1. The molecule has 0 saturated carbocycles. The van der Waals surface area contributed by atoms with Crippen LogP contribution < -0.4 is 10.5 Å². The zero-order valence-electron chi connectivity index (χ0n) is 11.6. The second-order valence-corrected chi connectivity index (χ2v) is 4.80. The van der Waals surface area contributed by atoms with Crippen molar-refractivity contribution in [2.45, 2.75) is 25.5 Å². The van der Waals surface area contributed by atoms with Crippen LogP contribution in [0.15, 0.2) is 48.8 Å². The second kappa shape index (κ2) is 7.03. The fraction of sp³-hybridized carbons (Fsp3) is 0.312. The smallest absolute Gasteiger partial charge is 0.140 e. The first-order valence-electron chi connectivity index (χ1n) is 6.72. The summed E-state index contributed by atoms with van der Waals surface area (Å²) >= 11 is 0. The summed E-state index contributed by atoms with van der Waals surface area (Å²) in [6.45, 7) is 2.07.